The zero-order valence-electron chi connectivity index (χ0n) is 13.6. The number of halogens is 2. The molecule has 1 heterocycles. The molecule has 3 aromatic rings. The van der Waals surface area contributed by atoms with Crippen molar-refractivity contribution < 1.29 is 18.3 Å². The van der Waals surface area contributed by atoms with Crippen molar-refractivity contribution in [2.24, 2.45) is 0 Å². The highest BCUT2D eigenvalue weighted by atomic mass is 32.2. The van der Waals surface area contributed by atoms with Crippen LogP contribution < -0.4 is 15.3 Å². The highest BCUT2D eigenvalue weighted by Gasteiger charge is 2.12. The number of hydrogen-bond acceptors (Lipinski definition) is 6. The second-order valence-corrected chi connectivity index (χ2v) is 6.20. The van der Waals surface area contributed by atoms with Crippen LogP contribution in [0.1, 0.15) is 5.82 Å². The lowest BCUT2D eigenvalue weighted by Crippen LogP contribution is -2.16. The number of rotatable bonds is 8. The van der Waals surface area contributed by atoms with E-state index in [-0.39, 0.29) is 18.2 Å². The predicted molar refractivity (Wildman–Crippen MR) is 93.5 cm³/mol. The van der Waals surface area contributed by atoms with Crippen molar-refractivity contribution in [3.8, 4) is 11.5 Å². The maximum Gasteiger partial charge on any atom is 0.210 e. The van der Waals surface area contributed by atoms with Gasteiger partial charge in [0.2, 0.25) is 5.16 Å². The van der Waals surface area contributed by atoms with Gasteiger partial charge in [-0.05, 0) is 36.4 Å². The molecule has 9 heteroatoms. The topological polar surface area (TPSA) is 75.2 Å². The molecule has 26 heavy (non-hydrogen) atoms. The summed E-state index contributed by atoms with van der Waals surface area (Å²) in [6.07, 6.45) is 0. The number of para-hydroxylation sites is 1. The van der Waals surface area contributed by atoms with E-state index in [0.29, 0.717) is 29.1 Å². The molecule has 0 aliphatic carbocycles. The van der Waals surface area contributed by atoms with Crippen molar-refractivity contribution in [1.82, 2.24) is 14.9 Å². The van der Waals surface area contributed by atoms with Gasteiger partial charge in [-0.1, -0.05) is 23.9 Å². The van der Waals surface area contributed by atoms with Gasteiger partial charge in [0.15, 0.2) is 17.4 Å². The molecule has 6 nitrogen and oxygen atoms in total. The van der Waals surface area contributed by atoms with Crippen LogP contribution in [0, 0.1) is 11.6 Å². The summed E-state index contributed by atoms with van der Waals surface area (Å²) in [5.41, 5.74) is 0. The van der Waals surface area contributed by atoms with Crippen LogP contribution in [0.15, 0.2) is 53.7 Å². The van der Waals surface area contributed by atoms with E-state index in [1.54, 1.807) is 24.3 Å². The first kappa shape index (κ1) is 18.0. The second kappa shape index (κ2) is 8.52. The van der Waals surface area contributed by atoms with Crippen LogP contribution in [0.25, 0.3) is 0 Å². The van der Waals surface area contributed by atoms with E-state index in [2.05, 4.69) is 10.2 Å². The van der Waals surface area contributed by atoms with Crippen LogP contribution in [0.5, 0.6) is 11.5 Å². The molecule has 0 saturated heterocycles. The molecule has 0 spiro atoms. The molecule has 0 radical (unpaired) electrons. The van der Waals surface area contributed by atoms with Crippen LogP contribution in [-0.2, 0) is 6.61 Å². The van der Waals surface area contributed by atoms with E-state index in [4.69, 9.17) is 15.3 Å². The first-order valence-corrected chi connectivity index (χ1v) is 8.70. The Labute approximate surface area is 152 Å². The van der Waals surface area contributed by atoms with E-state index in [1.165, 1.54) is 40.7 Å². The number of thioether (sulfide) groups is 1. The first-order valence-electron chi connectivity index (χ1n) is 7.71. The van der Waals surface area contributed by atoms with Crippen molar-refractivity contribution in [3.63, 3.8) is 0 Å². The molecule has 0 bridgehead atoms. The summed E-state index contributed by atoms with van der Waals surface area (Å²) < 4.78 is 38.5. The van der Waals surface area contributed by atoms with E-state index >= 15 is 0 Å². The lowest BCUT2D eigenvalue weighted by atomic mass is 10.3. The van der Waals surface area contributed by atoms with Gasteiger partial charge in [-0.25, -0.2) is 13.5 Å². The molecule has 0 aliphatic rings. The van der Waals surface area contributed by atoms with Gasteiger partial charge in [-0.2, -0.15) is 0 Å². The largest absolute Gasteiger partial charge is 0.493 e. The Balaban J connectivity index is 1.47. The van der Waals surface area contributed by atoms with Crippen molar-refractivity contribution in [2.75, 3.05) is 18.2 Å². The number of nitrogens with zero attached hydrogens (tertiary/aromatic N) is 3. The normalized spacial score (nSPS) is 10.7. The Hall–Kier alpha value is -2.81. The number of nitrogen functional groups attached to an aromatic ring is 1. The van der Waals surface area contributed by atoms with Gasteiger partial charge in [-0.3, -0.25) is 0 Å². The molecule has 3 rings (SSSR count). The second-order valence-electron chi connectivity index (χ2n) is 5.14. The smallest absolute Gasteiger partial charge is 0.210 e. The number of benzene rings is 2. The molecule has 0 aliphatic heterocycles. The van der Waals surface area contributed by atoms with E-state index in [1.807, 2.05) is 0 Å². The molecule has 0 atom stereocenters. The summed E-state index contributed by atoms with van der Waals surface area (Å²) >= 11 is 1.35. The standard InChI is InChI=1S/C17H16F2N4O2S/c18-12-5-7-13(8-6-12)24-9-10-26-17-22-21-16(23(17)20)11-25-15-4-2-1-3-14(15)19/h1-8H,9-11,20H2. The molecule has 0 unspecified atom stereocenters. The maximum atomic E-state index is 13.5. The Kier molecular flexibility index (Phi) is 5.90. The van der Waals surface area contributed by atoms with Gasteiger partial charge in [-0.15, -0.1) is 10.2 Å². The highest BCUT2D eigenvalue weighted by molar-refractivity contribution is 7.99. The van der Waals surface area contributed by atoms with Crippen LogP contribution >= 0.6 is 11.8 Å². The first-order chi connectivity index (χ1) is 12.6. The van der Waals surface area contributed by atoms with E-state index in [0.717, 1.165) is 0 Å². The van der Waals surface area contributed by atoms with E-state index in [9.17, 15) is 8.78 Å². The minimum absolute atomic E-state index is 0.00290. The predicted octanol–water partition coefficient (Wildman–Crippen LogP) is 3.02. The van der Waals surface area contributed by atoms with Gasteiger partial charge in [0.25, 0.3) is 0 Å². The minimum atomic E-state index is -0.455. The number of aromatic nitrogens is 3. The average molecular weight is 378 g/mol. The monoisotopic (exact) mass is 378 g/mol. The number of ether oxygens (including phenoxy) is 2. The molecule has 2 N–H and O–H groups in total. The van der Waals surface area contributed by atoms with Gasteiger partial charge in [0.1, 0.15) is 18.2 Å². The van der Waals surface area contributed by atoms with Crippen LogP contribution in [0.3, 0.4) is 0 Å². The molecular weight excluding hydrogens is 362 g/mol. The maximum absolute atomic E-state index is 13.5. The summed E-state index contributed by atoms with van der Waals surface area (Å²) in [4.78, 5) is 0. The Morgan fingerprint density at radius 1 is 1.00 bits per heavy atom. The van der Waals surface area contributed by atoms with Crippen molar-refractivity contribution >= 4 is 11.8 Å². The fourth-order valence-electron chi connectivity index (χ4n) is 2.03. The molecule has 2 aromatic carbocycles. The molecule has 1 aromatic heterocycles. The highest BCUT2D eigenvalue weighted by Crippen LogP contribution is 2.19. The summed E-state index contributed by atoms with van der Waals surface area (Å²) in [6, 6.07) is 11.9. The zero-order valence-corrected chi connectivity index (χ0v) is 14.5. The number of hydrogen-bond donors (Lipinski definition) is 1. The Morgan fingerprint density at radius 3 is 2.54 bits per heavy atom. The Morgan fingerprint density at radius 2 is 1.77 bits per heavy atom. The van der Waals surface area contributed by atoms with Gasteiger partial charge in [0, 0.05) is 5.75 Å². The minimum Gasteiger partial charge on any atom is -0.493 e. The third-order valence-electron chi connectivity index (χ3n) is 3.33. The number of nitrogens with two attached hydrogens (primary N) is 1. The zero-order chi connectivity index (χ0) is 18.4. The lowest BCUT2D eigenvalue weighted by molar-refractivity contribution is 0.277. The quantitative estimate of drug-likeness (QED) is 0.369. The summed E-state index contributed by atoms with van der Waals surface area (Å²) in [7, 11) is 0. The summed E-state index contributed by atoms with van der Waals surface area (Å²) in [5.74, 6) is 6.81. The summed E-state index contributed by atoms with van der Waals surface area (Å²) in [5, 5.41) is 8.41. The molecule has 0 saturated carbocycles. The lowest BCUT2D eigenvalue weighted by Gasteiger charge is -2.07. The van der Waals surface area contributed by atoms with Gasteiger partial charge >= 0.3 is 0 Å². The SMILES string of the molecule is Nn1c(COc2ccccc2F)nnc1SCCOc1ccc(F)cc1. The fourth-order valence-corrected chi connectivity index (χ4v) is 2.72. The van der Waals surface area contributed by atoms with Crippen molar-refractivity contribution in [1.29, 1.82) is 0 Å². The van der Waals surface area contributed by atoms with Crippen LogP contribution in [0.4, 0.5) is 8.78 Å². The third kappa shape index (κ3) is 4.63. The van der Waals surface area contributed by atoms with Crippen LogP contribution in [0.2, 0.25) is 0 Å². The van der Waals surface area contributed by atoms with Gasteiger partial charge < -0.3 is 15.3 Å². The summed E-state index contributed by atoms with van der Waals surface area (Å²) in [6.45, 7) is 0.390. The average Bonchev–Trinajstić information content (AvgIpc) is 2.99. The molecular formula is C17H16F2N4O2S. The molecule has 0 fully saturated rings. The fraction of sp³-hybridized carbons (Fsp3) is 0.176. The van der Waals surface area contributed by atoms with E-state index < -0.39 is 5.82 Å². The Bertz CT molecular complexity index is 858. The van der Waals surface area contributed by atoms with Crippen molar-refractivity contribution in [3.05, 3.63) is 66.0 Å². The molecule has 0 amide bonds. The van der Waals surface area contributed by atoms with Crippen molar-refractivity contribution in [2.45, 2.75) is 11.8 Å². The van der Waals surface area contributed by atoms with Crippen LogP contribution in [-0.4, -0.2) is 27.2 Å². The third-order valence-corrected chi connectivity index (χ3v) is 4.23. The molecule has 136 valence electrons. The van der Waals surface area contributed by atoms with Gasteiger partial charge in [0.05, 0.1) is 6.61 Å².